The summed E-state index contributed by atoms with van der Waals surface area (Å²) in [6.07, 6.45) is 0.400. The molecule has 1 aromatic carbocycles. The molecule has 0 radical (unpaired) electrons. The summed E-state index contributed by atoms with van der Waals surface area (Å²) < 4.78 is 27.3. The monoisotopic (exact) mass is 397 g/mol. The summed E-state index contributed by atoms with van der Waals surface area (Å²) in [6.45, 7) is 4.35. The largest absolute Gasteiger partial charge is 0.478 e. The number of aromatic carboxylic acids is 1. The first-order chi connectivity index (χ1) is 13.3. The summed E-state index contributed by atoms with van der Waals surface area (Å²) in [5.74, 6) is -0.663. The number of sulfonamides is 1. The molecular weight excluding hydrogens is 374 g/mol. The Morgan fingerprint density at radius 1 is 1.00 bits per heavy atom. The van der Waals surface area contributed by atoms with Gasteiger partial charge in [-0.1, -0.05) is 56.3 Å². The van der Waals surface area contributed by atoms with Crippen molar-refractivity contribution in [1.29, 1.82) is 0 Å². The molecule has 0 aliphatic heterocycles. The zero-order valence-electron chi connectivity index (χ0n) is 15.8. The third-order valence-corrected chi connectivity index (χ3v) is 6.24. The molecule has 0 aromatic heterocycles. The highest BCUT2D eigenvalue weighted by atomic mass is 32.2. The normalized spacial score (nSPS) is 11.8. The quantitative estimate of drug-likeness (QED) is 0.628. The maximum atomic E-state index is 12.4. The molecule has 0 spiro atoms. The Labute approximate surface area is 165 Å². The van der Waals surface area contributed by atoms with Gasteiger partial charge in [-0.3, -0.25) is 0 Å². The minimum atomic E-state index is -3.59. The summed E-state index contributed by atoms with van der Waals surface area (Å²) in [5.41, 5.74) is 3.67. The van der Waals surface area contributed by atoms with Gasteiger partial charge in [-0.05, 0) is 52.8 Å². The van der Waals surface area contributed by atoms with E-state index in [0.717, 1.165) is 16.7 Å². The summed E-state index contributed by atoms with van der Waals surface area (Å²) in [7, 11) is -3.59. The molecule has 3 rings (SSSR count). The minimum absolute atomic E-state index is 0.186. The number of hydrogen-bond donors (Lipinski definition) is 2. The van der Waals surface area contributed by atoms with Crippen molar-refractivity contribution in [2.45, 2.75) is 31.1 Å². The van der Waals surface area contributed by atoms with Crippen LogP contribution in [0, 0.1) is 0 Å². The lowest BCUT2D eigenvalue weighted by Crippen LogP contribution is -2.25. The first kappa shape index (κ1) is 20.0. The van der Waals surface area contributed by atoms with E-state index >= 15 is 0 Å². The van der Waals surface area contributed by atoms with E-state index in [0.29, 0.717) is 17.9 Å². The fourth-order valence-corrected chi connectivity index (χ4v) is 4.26. The van der Waals surface area contributed by atoms with Gasteiger partial charge in [0.1, 0.15) is 0 Å². The number of carboxylic acids is 1. The van der Waals surface area contributed by atoms with Crippen molar-refractivity contribution >= 4 is 16.0 Å². The van der Waals surface area contributed by atoms with Crippen LogP contribution in [0.5, 0.6) is 0 Å². The van der Waals surface area contributed by atoms with Gasteiger partial charge in [-0.2, -0.15) is 0 Å². The average Bonchev–Trinajstić information content (AvgIpc) is 2.85. The van der Waals surface area contributed by atoms with Crippen molar-refractivity contribution in [3.8, 4) is 11.1 Å². The highest BCUT2D eigenvalue weighted by molar-refractivity contribution is 7.89. The van der Waals surface area contributed by atoms with Gasteiger partial charge in [0.15, 0.2) is 0 Å². The standard InChI is InChI=1S/C22H23NO4S/c1-15(2)16-8-10-19-17(14-21(22(24)25)20(19)11-9-16)12-13-23-28(26,27)18-6-4-3-5-7-18/h3-11,14-15,23H,12-13H2,1-2H3,(H,24,25). The zero-order valence-corrected chi connectivity index (χ0v) is 16.7. The maximum Gasteiger partial charge on any atom is 0.336 e. The van der Waals surface area contributed by atoms with E-state index in [4.69, 9.17) is 0 Å². The molecule has 28 heavy (non-hydrogen) atoms. The molecule has 0 saturated carbocycles. The number of fused-ring (bicyclic) bond motifs is 1. The molecule has 0 heterocycles. The Bertz CT molecular complexity index is 1060. The predicted octanol–water partition coefficient (Wildman–Crippen LogP) is 4.13. The van der Waals surface area contributed by atoms with Gasteiger partial charge in [0.2, 0.25) is 10.0 Å². The van der Waals surface area contributed by atoms with Gasteiger partial charge in [0.05, 0.1) is 10.5 Å². The number of benzene rings is 1. The molecule has 5 nitrogen and oxygen atoms in total. The van der Waals surface area contributed by atoms with Crippen molar-refractivity contribution in [1.82, 2.24) is 4.72 Å². The Kier molecular flexibility index (Phi) is 5.82. The second-order valence-corrected chi connectivity index (χ2v) is 8.76. The zero-order chi connectivity index (χ0) is 20.3. The molecule has 146 valence electrons. The molecule has 0 fully saturated rings. The second kappa shape index (κ2) is 8.12. The van der Waals surface area contributed by atoms with Gasteiger partial charge in [-0.25, -0.2) is 17.9 Å². The fraction of sp³-hybridized carbons (Fsp3) is 0.227. The molecule has 2 aliphatic rings. The van der Waals surface area contributed by atoms with Gasteiger partial charge >= 0.3 is 5.97 Å². The van der Waals surface area contributed by atoms with Crippen LogP contribution in [0.15, 0.2) is 65.6 Å². The Morgan fingerprint density at radius 2 is 1.64 bits per heavy atom. The smallest absolute Gasteiger partial charge is 0.336 e. The number of hydrogen-bond acceptors (Lipinski definition) is 3. The van der Waals surface area contributed by atoms with E-state index in [1.807, 2.05) is 24.3 Å². The second-order valence-electron chi connectivity index (χ2n) is 7.00. The number of nitrogens with one attached hydrogen (secondary N) is 1. The third kappa shape index (κ3) is 4.24. The van der Waals surface area contributed by atoms with Crippen molar-refractivity contribution in [3.05, 3.63) is 77.4 Å². The Balaban J connectivity index is 1.86. The summed E-state index contributed by atoms with van der Waals surface area (Å²) in [6, 6.07) is 17.5. The van der Waals surface area contributed by atoms with Crippen LogP contribution in [-0.2, 0) is 16.4 Å². The molecule has 1 aromatic rings. The Hall–Kier alpha value is -2.70. The van der Waals surface area contributed by atoms with Gasteiger partial charge in [0, 0.05) is 6.54 Å². The first-order valence-corrected chi connectivity index (χ1v) is 10.6. The van der Waals surface area contributed by atoms with Gasteiger partial charge in [-0.15, -0.1) is 0 Å². The van der Waals surface area contributed by atoms with Crippen LogP contribution in [0.3, 0.4) is 0 Å². The summed E-state index contributed by atoms with van der Waals surface area (Å²) in [4.78, 5) is 11.9. The highest BCUT2D eigenvalue weighted by Gasteiger charge is 2.20. The predicted molar refractivity (Wildman–Crippen MR) is 109 cm³/mol. The van der Waals surface area contributed by atoms with Crippen LogP contribution in [0.2, 0.25) is 0 Å². The molecule has 0 saturated heterocycles. The van der Waals surface area contributed by atoms with Crippen LogP contribution in [0.25, 0.3) is 11.1 Å². The van der Waals surface area contributed by atoms with Gasteiger partial charge in [0.25, 0.3) is 0 Å². The lowest BCUT2D eigenvalue weighted by Gasteiger charge is -2.07. The number of carboxylic acid groups (broad SMARTS) is 1. The van der Waals surface area contributed by atoms with E-state index in [-0.39, 0.29) is 17.0 Å². The van der Waals surface area contributed by atoms with Crippen molar-refractivity contribution in [2.24, 2.45) is 0 Å². The number of carbonyl (C=O) groups is 1. The van der Waals surface area contributed by atoms with Crippen molar-refractivity contribution in [2.75, 3.05) is 6.54 Å². The van der Waals surface area contributed by atoms with Gasteiger partial charge < -0.3 is 5.11 Å². The molecule has 0 atom stereocenters. The van der Waals surface area contributed by atoms with Crippen LogP contribution in [-0.4, -0.2) is 26.0 Å². The molecule has 0 unspecified atom stereocenters. The van der Waals surface area contributed by atoms with Crippen LogP contribution in [0.4, 0.5) is 0 Å². The highest BCUT2D eigenvalue weighted by Crippen LogP contribution is 2.33. The SMILES string of the molecule is CC(C)c1ccc2c(CCNS(=O)(=O)c3ccccc3)cc(C(=O)O)c-2cc1. The topological polar surface area (TPSA) is 83.5 Å². The fourth-order valence-electron chi connectivity index (χ4n) is 3.21. The van der Waals surface area contributed by atoms with E-state index in [2.05, 4.69) is 18.6 Å². The summed E-state index contributed by atoms with van der Waals surface area (Å²) in [5, 5.41) is 9.55. The molecule has 0 bridgehead atoms. The molecule has 2 aliphatic carbocycles. The lowest BCUT2D eigenvalue weighted by atomic mass is 10.1. The lowest BCUT2D eigenvalue weighted by molar-refractivity contribution is 0.0698. The van der Waals surface area contributed by atoms with Crippen LogP contribution in [0.1, 0.15) is 41.3 Å². The molecule has 0 amide bonds. The third-order valence-electron chi connectivity index (χ3n) is 4.77. The summed E-state index contributed by atoms with van der Waals surface area (Å²) >= 11 is 0. The van der Waals surface area contributed by atoms with Crippen molar-refractivity contribution in [3.63, 3.8) is 0 Å². The van der Waals surface area contributed by atoms with E-state index in [1.165, 1.54) is 12.1 Å². The van der Waals surface area contributed by atoms with Crippen LogP contribution < -0.4 is 4.72 Å². The van der Waals surface area contributed by atoms with E-state index in [9.17, 15) is 18.3 Å². The van der Waals surface area contributed by atoms with Crippen molar-refractivity contribution < 1.29 is 18.3 Å². The molecular formula is C22H23NO4S. The van der Waals surface area contributed by atoms with E-state index in [1.54, 1.807) is 24.3 Å². The first-order valence-electron chi connectivity index (χ1n) is 9.13. The average molecular weight is 397 g/mol. The molecule has 2 N–H and O–H groups in total. The minimum Gasteiger partial charge on any atom is -0.478 e. The Morgan fingerprint density at radius 3 is 2.25 bits per heavy atom. The maximum absolute atomic E-state index is 12.4. The molecule has 6 heteroatoms. The van der Waals surface area contributed by atoms with Crippen LogP contribution >= 0.6 is 0 Å². The van der Waals surface area contributed by atoms with E-state index < -0.39 is 16.0 Å². The number of rotatable bonds is 7.